The minimum Gasteiger partial charge on any atom is -0.508 e. The average molecular weight is 393 g/mol. The molecule has 1 unspecified atom stereocenters. The Labute approximate surface area is 169 Å². The number of carbonyl (C=O) groups is 1. The number of nitrogens with one attached hydrogen (secondary N) is 3. The van der Waals surface area contributed by atoms with Gasteiger partial charge in [0.05, 0.1) is 27.9 Å². The lowest BCUT2D eigenvalue weighted by Crippen LogP contribution is -2.57. The van der Waals surface area contributed by atoms with Crippen LogP contribution in [0.4, 0.5) is 0 Å². The number of nitrogens with zero attached hydrogens (tertiary/aromatic N) is 2. The summed E-state index contributed by atoms with van der Waals surface area (Å²) in [6.45, 7) is 7.67. The van der Waals surface area contributed by atoms with E-state index >= 15 is 0 Å². The van der Waals surface area contributed by atoms with Gasteiger partial charge in [-0.25, -0.2) is 4.98 Å². The molecule has 2 aromatic heterocycles. The van der Waals surface area contributed by atoms with Crippen molar-refractivity contribution in [3.05, 3.63) is 41.1 Å². The van der Waals surface area contributed by atoms with Crippen LogP contribution < -0.4 is 10.6 Å². The maximum absolute atomic E-state index is 13.4. The molecule has 1 atom stereocenters. The van der Waals surface area contributed by atoms with Crippen LogP contribution in [0.3, 0.4) is 0 Å². The van der Waals surface area contributed by atoms with Crippen LogP contribution in [-0.4, -0.2) is 44.8 Å². The number of aromatic nitrogens is 3. The first-order chi connectivity index (χ1) is 13.9. The molecular weight excluding hydrogens is 366 g/mol. The minimum atomic E-state index is -0.239. The summed E-state index contributed by atoms with van der Waals surface area (Å²) >= 11 is 0. The zero-order valence-corrected chi connectivity index (χ0v) is 17.1. The van der Waals surface area contributed by atoms with Crippen molar-refractivity contribution in [1.29, 1.82) is 0 Å². The summed E-state index contributed by atoms with van der Waals surface area (Å²) in [6.07, 6.45) is 2.88. The Morgan fingerprint density at radius 1 is 1.31 bits per heavy atom. The molecule has 0 bridgehead atoms. The van der Waals surface area contributed by atoms with Gasteiger partial charge in [-0.05, 0) is 69.5 Å². The molecule has 4 N–H and O–H groups in total. The van der Waals surface area contributed by atoms with Gasteiger partial charge in [0.25, 0.3) is 5.91 Å². The molecule has 29 heavy (non-hydrogen) atoms. The maximum atomic E-state index is 13.4. The molecule has 3 heterocycles. The molecule has 1 aliphatic rings. The van der Waals surface area contributed by atoms with Crippen LogP contribution in [0.2, 0.25) is 0 Å². The Balaban J connectivity index is 1.80. The number of aromatic amines is 1. The molecule has 4 rings (SSSR count). The Morgan fingerprint density at radius 2 is 2.14 bits per heavy atom. The van der Waals surface area contributed by atoms with E-state index in [4.69, 9.17) is 4.98 Å². The van der Waals surface area contributed by atoms with Gasteiger partial charge in [0.15, 0.2) is 5.65 Å². The molecule has 152 valence electrons. The normalized spacial score (nSPS) is 19.4. The second-order valence-electron chi connectivity index (χ2n) is 7.96. The second-order valence-corrected chi connectivity index (χ2v) is 7.96. The van der Waals surface area contributed by atoms with E-state index in [9.17, 15) is 9.90 Å². The van der Waals surface area contributed by atoms with Gasteiger partial charge < -0.3 is 15.7 Å². The number of hydrogen-bond donors (Lipinski definition) is 4. The molecule has 7 heteroatoms. The Kier molecular flexibility index (Phi) is 5.00. The van der Waals surface area contributed by atoms with E-state index in [1.54, 1.807) is 12.1 Å². The molecule has 0 spiro atoms. The SMILES string of the molecule is CCC1(NC(=O)c2cc(-c3ccc(O)cc3C)nc3[nH]nc(C)c23)CCCNC1. The van der Waals surface area contributed by atoms with E-state index in [0.29, 0.717) is 16.9 Å². The largest absolute Gasteiger partial charge is 0.508 e. The van der Waals surface area contributed by atoms with Crippen LogP contribution in [0.5, 0.6) is 5.75 Å². The average Bonchev–Trinajstić information content (AvgIpc) is 3.09. The standard InChI is InChI=1S/C22H27N5O2/c1-4-22(8-5-9-23-12-22)25-21(29)17-11-18(16-7-6-15(28)10-13(16)2)24-20-19(17)14(3)26-27-20/h6-7,10-11,23,28H,4-5,8-9,12H2,1-3H3,(H,25,29)(H,24,26,27). The number of amides is 1. The Bertz CT molecular complexity index is 1070. The molecule has 1 saturated heterocycles. The quantitative estimate of drug-likeness (QED) is 0.545. The summed E-state index contributed by atoms with van der Waals surface area (Å²) < 4.78 is 0. The number of aryl methyl sites for hydroxylation is 2. The van der Waals surface area contributed by atoms with Crippen molar-refractivity contribution in [3.63, 3.8) is 0 Å². The van der Waals surface area contributed by atoms with Gasteiger partial charge in [-0.15, -0.1) is 0 Å². The highest BCUT2D eigenvalue weighted by Gasteiger charge is 2.33. The van der Waals surface area contributed by atoms with E-state index in [1.165, 1.54) is 0 Å². The van der Waals surface area contributed by atoms with E-state index in [2.05, 4.69) is 27.8 Å². The number of phenolic OH excluding ortho intramolecular Hbond substituents is 1. The molecule has 0 aliphatic carbocycles. The maximum Gasteiger partial charge on any atom is 0.252 e. The van der Waals surface area contributed by atoms with Crippen molar-refractivity contribution in [3.8, 4) is 17.0 Å². The van der Waals surface area contributed by atoms with Crippen molar-refractivity contribution in [2.45, 2.75) is 45.6 Å². The molecule has 1 aromatic carbocycles. The molecule has 0 radical (unpaired) electrons. The van der Waals surface area contributed by atoms with Gasteiger partial charge in [-0.1, -0.05) is 6.92 Å². The highest BCUT2D eigenvalue weighted by molar-refractivity contribution is 6.07. The molecular formula is C22H27N5O2. The minimum absolute atomic E-state index is 0.106. The number of rotatable bonds is 4. The summed E-state index contributed by atoms with van der Waals surface area (Å²) in [6, 6.07) is 6.98. The van der Waals surface area contributed by atoms with Gasteiger partial charge in [-0.3, -0.25) is 9.89 Å². The second kappa shape index (κ2) is 7.48. The molecule has 7 nitrogen and oxygen atoms in total. The number of phenols is 1. The van der Waals surface area contributed by atoms with Crippen molar-refractivity contribution >= 4 is 16.9 Å². The predicted molar refractivity (Wildman–Crippen MR) is 113 cm³/mol. The van der Waals surface area contributed by atoms with Crippen molar-refractivity contribution in [2.24, 2.45) is 0 Å². The van der Waals surface area contributed by atoms with Gasteiger partial charge in [-0.2, -0.15) is 5.10 Å². The smallest absolute Gasteiger partial charge is 0.252 e. The fourth-order valence-electron chi connectivity index (χ4n) is 4.21. The number of hydrogen-bond acceptors (Lipinski definition) is 5. The zero-order valence-electron chi connectivity index (χ0n) is 17.1. The van der Waals surface area contributed by atoms with E-state index < -0.39 is 0 Å². The summed E-state index contributed by atoms with van der Waals surface area (Å²) in [4.78, 5) is 18.1. The lowest BCUT2D eigenvalue weighted by Gasteiger charge is -2.38. The van der Waals surface area contributed by atoms with Gasteiger partial charge in [0.2, 0.25) is 0 Å². The van der Waals surface area contributed by atoms with Crippen molar-refractivity contribution in [2.75, 3.05) is 13.1 Å². The van der Waals surface area contributed by atoms with Crippen molar-refractivity contribution < 1.29 is 9.90 Å². The molecule has 1 amide bonds. The van der Waals surface area contributed by atoms with Crippen LogP contribution in [-0.2, 0) is 0 Å². The van der Waals surface area contributed by atoms with E-state index in [-0.39, 0.29) is 17.2 Å². The Morgan fingerprint density at radius 3 is 2.83 bits per heavy atom. The molecule has 3 aromatic rings. The van der Waals surface area contributed by atoms with E-state index in [1.807, 2.05) is 26.0 Å². The fraction of sp³-hybridized carbons (Fsp3) is 0.409. The highest BCUT2D eigenvalue weighted by Crippen LogP contribution is 2.30. The highest BCUT2D eigenvalue weighted by atomic mass is 16.3. The molecule has 1 fully saturated rings. The number of fused-ring (bicyclic) bond motifs is 1. The monoisotopic (exact) mass is 393 g/mol. The third-order valence-electron chi connectivity index (χ3n) is 5.97. The van der Waals surface area contributed by atoms with Crippen molar-refractivity contribution in [1.82, 2.24) is 25.8 Å². The third-order valence-corrected chi connectivity index (χ3v) is 5.97. The zero-order chi connectivity index (χ0) is 20.6. The number of benzene rings is 1. The first-order valence-electron chi connectivity index (χ1n) is 10.1. The van der Waals surface area contributed by atoms with Gasteiger partial charge >= 0.3 is 0 Å². The number of aromatic hydroxyl groups is 1. The number of pyridine rings is 1. The van der Waals surface area contributed by atoms with Crippen LogP contribution in [0.1, 0.15) is 47.8 Å². The summed E-state index contributed by atoms with van der Waals surface area (Å²) in [5, 5.41) is 24.4. The lowest BCUT2D eigenvalue weighted by molar-refractivity contribution is 0.0876. The summed E-state index contributed by atoms with van der Waals surface area (Å²) in [5.74, 6) is 0.0995. The molecule has 1 aliphatic heterocycles. The topological polar surface area (TPSA) is 103 Å². The number of H-pyrrole nitrogens is 1. The fourth-order valence-corrected chi connectivity index (χ4v) is 4.21. The summed E-state index contributed by atoms with van der Waals surface area (Å²) in [7, 11) is 0. The molecule has 0 saturated carbocycles. The van der Waals surface area contributed by atoms with Crippen LogP contribution in [0.25, 0.3) is 22.3 Å². The van der Waals surface area contributed by atoms with Crippen LogP contribution >= 0.6 is 0 Å². The first-order valence-corrected chi connectivity index (χ1v) is 10.1. The lowest BCUT2D eigenvalue weighted by atomic mass is 9.87. The Hall–Kier alpha value is -2.93. The van der Waals surface area contributed by atoms with Gasteiger partial charge in [0, 0.05) is 12.1 Å². The number of piperidine rings is 1. The van der Waals surface area contributed by atoms with Gasteiger partial charge in [0.1, 0.15) is 5.75 Å². The van der Waals surface area contributed by atoms with Crippen LogP contribution in [0, 0.1) is 13.8 Å². The summed E-state index contributed by atoms with van der Waals surface area (Å²) in [5.41, 5.74) is 4.11. The first kappa shape index (κ1) is 19.4. The van der Waals surface area contributed by atoms with E-state index in [0.717, 1.165) is 54.6 Å². The third kappa shape index (κ3) is 3.58. The number of carbonyl (C=O) groups excluding carboxylic acids is 1. The predicted octanol–water partition coefficient (Wildman–Crippen LogP) is 3.21. The van der Waals surface area contributed by atoms with Crippen LogP contribution in [0.15, 0.2) is 24.3 Å².